The van der Waals surface area contributed by atoms with Crippen molar-refractivity contribution in [2.45, 2.75) is 12.5 Å². The van der Waals surface area contributed by atoms with Gasteiger partial charge in [-0.15, -0.1) is 0 Å². The third-order valence-corrected chi connectivity index (χ3v) is 3.45. The molecule has 1 fully saturated rings. The average Bonchev–Trinajstić information content (AvgIpc) is 2.53. The van der Waals surface area contributed by atoms with Crippen LogP contribution in [0.3, 0.4) is 0 Å². The SMILES string of the molecule is COc1cc(C(=O)N2CCOC(CC(=O)O)C2)ccc1[N+](=O)[O-]. The number of benzene rings is 1. The number of hydrogen-bond donors (Lipinski definition) is 1. The molecule has 0 radical (unpaired) electrons. The van der Waals surface area contributed by atoms with Crippen LogP contribution in [0.5, 0.6) is 5.75 Å². The Bertz CT molecular complexity index is 632. The first-order valence-electron chi connectivity index (χ1n) is 6.87. The summed E-state index contributed by atoms with van der Waals surface area (Å²) in [5.74, 6) is -1.35. The Balaban J connectivity index is 2.16. The number of carbonyl (C=O) groups excluding carboxylic acids is 1. The van der Waals surface area contributed by atoms with E-state index in [1.165, 1.54) is 30.2 Å². The number of ether oxygens (including phenoxy) is 2. The number of carbonyl (C=O) groups is 2. The van der Waals surface area contributed by atoms with Gasteiger partial charge in [0.1, 0.15) is 0 Å². The van der Waals surface area contributed by atoms with E-state index in [0.717, 1.165) is 0 Å². The summed E-state index contributed by atoms with van der Waals surface area (Å²) in [6, 6.07) is 3.87. The van der Waals surface area contributed by atoms with E-state index < -0.39 is 17.0 Å². The summed E-state index contributed by atoms with van der Waals surface area (Å²) in [7, 11) is 1.29. The molecule has 0 spiro atoms. The molecular weight excluding hydrogens is 308 g/mol. The molecule has 1 amide bonds. The van der Waals surface area contributed by atoms with Gasteiger partial charge in [-0.05, 0) is 6.07 Å². The van der Waals surface area contributed by atoms with Gasteiger partial charge in [0.25, 0.3) is 5.91 Å². The molecule has 1 N–H and O–H groups in total. The Hall–Kier alpha value is -2.68. The van der Waals surface area contributed by atoms with Crippen LogP contribution in [0.4, 0.5) is 5.69 Å². The summed E-state index contributed by atoms with van der Waals surface area (Å²) in [5.41, 5.74) is 0.0122. The summed E-state index contributed by atoms with van der Waals surface area (Å²) >= 11 is 0. The average molecular weight is 324 g/mol. The van der Waals surface area contributed by atoms with Crippen LogP contribution in [0.1, 0.15) is 16.8 Å². The predicted octanol–water partition coefficient (Wildman–Crippen LogP) is 0.919. The lowest BCUT2D eigenvalue weighted by Gasteiger charge is -2.32. The van der Waals surface area contributed by atoms with Gasteiger partial charge in [0.2, 0.25) is 0 Å². The van der Waals surface area contributed by atoms with E-state index in [9.17, 15) is 19.7 Å². The molecule has 124 valence electrons. The first kappa shape index (κ1) is 16.7. The highest BCUT2D eigenvalue weighted by Crippen LogP contribution is 2.28. The van der Waals surface area contributed by atoms with Gasteiger partial charge in [-0.2, -0.15) is 0 Å². The van der Waals surface area contributed by atoms with Crippen LogP contribution in [0.25, 0.3) is 0 Å². The van der Waals surface area contributed by atoms with Crippen molar-refractivity contribution in [3.05, 3.63) is 33.9 Å². The molecule has 0 aromatic heterocycles. The fourth-order valence-electron chi connectivity index (χ4n) is 2.37. The minimum absolute atomic E-state index is 0.00352. The van der Waals surface area contributed by atoms with E-state index in [0.29, 0.717) is 6.54 Å². The Morgan fingerprint density at radius 3 is 2.87 bits per heavy atom. The molecule has 1 unspecified atom stereocenters. The number of amides is 1. The molecule has 0 saturated carbocycles. The molecule has 9 nitrogen and oxygen atoms in total. The van der Waals surface area contributed by atoms with E-state index in [1.54, 1.807) is 0 Å². The highest BCUT2D eigenvalue weighted by molar-refractivity contribution is 5.95. The van der Waals surface area contributed by atoms with Crippen LogP contribution in [0.15, 0.2) is 18.2 Å². The van der Waals surface area contributed by atoms with E-state index >= 15 is 0 Å². The largest absolute Gasteiger partial charge is 0.490 e. The third kappa shape index (κ3) is 3.95. The minimum Gasteiger partial charge on any atom is -0.490 e. The Morgan fingerprint density at radius 1 is 1.52 bits per heavy atom. The highest BCUT2D eigenvalue weighted by Gasteiger charge is 2.27. The quantitative estimate of drug-likeness (QED) is 0.631. The summed E-state index contributed by atoms with van der Waals surface area (Å²) in [6.07, 6.45) is -0.752. The number of carboxylic acid groups (broad SMARTS) is 1. The number of hydrogen-bond acceptors (Lipinski definition) is 6. The van der Waals surface area contributed by atoms with E-state index in [4.69, 9.17) is 14.6 Å². The van der Waals surface area contributed by atoms with Crippen molar-refractivity contribution >= 4 is 17.6 Å². The number of nitro benzene ring substituents is 1. The van der Waals surface area contributed by atoms with Gasteiger partial charge >= 0.3 is 11.7 Å². The molecule has 1 aromatic carbocycles. The maximum atomic E-state index is 12.5. The Kier molecular flexibility index (Phi) is 5.12. The second-order valence-electron chi connectivity index (χ2n) is 4.99. The van der Waals surface area contributed by atoms with Gasteiger partial charge in [-0.25, -0.2) is 0 Å². The van der Waals surface area contributed by atoms with Gasteiger partial charge in [0, 0.05) is 30.8 Å². The summed E-state index contributed by atoms with van der Waals surface area (Å²) in [5, 5.41) is 19.7. The fourth-order valence-corrected chi connectivity index (χ4v) is 2.37. The van der Waals surface area contributed by atoms with Gasteiger partial charge in [-0.1, -0.05) is 0 Å². The third-order valence-electron chi connectivity index (χ3n) is 3.45. The van der Waals surface area contributed by atoms with Gasteiger partial charge in [0.05, 0.1) is 31.2 Å². The number of methoxy groups -OCH3 is 1. The van der Waals surface area contributed by atoms with Crippen molar-refractivity contribution in [3.63, 3.8) is 0 Å². The first-order valence-corrected chi connectivity index (χ1v) is 6.87. The molecule has 9 heteroatoms. The van der Waals surface area contributed by atoms with Crippen LogP contribution in [0, 0.1) is 10.1 Å². The highest BCUT2D eigenvalue weighted by atomic mass is 16.6. The summed E-state index contributed by atoms with van der Waals surface area (Å²) in [6.45, 7) is 0.729. The van der Waals surface area contributed by atoms with Crippen molar-refractivity contribution in [1.82, 2.24) is 4.90 Å². The van der Waals surface area contributed by atoms with Crippen LogP contribution >= 0.6 is 0 Å². The minimum atomic E-state index is -0.999. The molecule has 23 heavy (non-hydrogen) atoms. The monoisotopic (exact) mass is 324 g/mol. The van der Waals surface area contributed by atoms with E-state index in [2.05, 4.69) is 0 Å². The lowest BCUT2D eigenvalue weighted by Crippen LogP contribution is -2.46. The molecule has 1 aliphatic rings. The number of nitrogens with zero attached hydrogens (tertiary/aromatic N) is 2. The fraction of sp³-hybridized carbons (Fsp3) is 0.429. The molecule has 1 aliphatic heterocycles. The van der Waals surface area contributed by atoms with Crippen molar-refractivity contribution < 1.29 is 29.1 Å². The smallest absolute Gasteiger partial charge is 0.310 e. The van der Waals surface area contributed by atoms with Crippen LogP contribution in [0.2, 0.25) is 0 Å². The van der Waals surface area contributed by atoms with Crippen LogP contribution in [-0.2, 0) is 9.53 Å². The topological polar surface area (TPSA) is 119 Å². The summed E-state index contributed by atoms with van der Waals surface area (Å²) in [4.78, 5) is 35.0. The van der Waals surface area contributed by atoms with Crippen LogP contribution in [-0.4, -0.2) is 59.7 Å². The van der Waals surface area contributed by atoms with Crippen molar-refractivity contribution in [1.29, 1.82) is 0 Å². The normalized spacial score (nSPS) is 17.6. The zero-order chi connectivity index (χ0) is 17.0. The number of rotatable bonds is 5. The maximum absolute atomic E-state index is 12.5. The number of nitro groups is 1. The van der Waals surface area contributed by atoms with Crippen molar-refractivity contribution in [3.8, 4) is 5.75 Å². The predicted molar refractivity (Wildman–Crippen MR) is 77.5 cm³/mol. The molecule has 1 saturated heterocycles. The van der Waals surface area contributed by atoms with E-state index in [1.807, 2.05) is 0 Å². The van der Waals surface area contributed by atoms with Gasteiger partial charge in [0.15, 0.2) is 5.75 Å². The van der Waals surface area contributed by atoms with E-state index in [-0.39, 0.29) is 42.5 Å². The molecule has 2 rings (SSSR count). The van der Waals surface area contributed by atoms with Gasteiger partial charge < -0.3 is 19.5 Å². The molecule has 0 bridgehead atoms. The zero-order valence-electron chi connectivity index (χ0n) is 12.4. The Morgan fingerprint density at radius 2 is 2.26 bits per heavy atom. The zero-order valence-corrected chi connectivity index (χ0v) is 12.4. The first-order chi connectivity index (χ1) is 10.9. The number of morpholine rings is 1. The molecule has 1 atom stereocenters. The molecule has 1 aromatic rings. The molecule has 0 aliphatic carbocycles. The standard InChI is InChI=1S/C14H16N2O7/c1-22-12-6-9(2-3-11(12)16(20)21)14(19)15-4-5-23-10(8-15)7-13(17)18/h2-3,6,10H,4-5,7-8H2,1H3,(H,17,18). The second kappa shape index (κ2) is 7.05. The van der Waals surface area contributed by atoms with Crippen molar-refractivity contribution in [2.75, 3.05) is 26.8 Å². The van der Waals surface area contributed by atoms with Crippen molar-refractivity contribution in [2.24, 2.45) is 0 Å². The van der Waals surface area contributed by atoms with Gasteiger partial charge in [-0.3, -0.25) is 19.7 Å². The summed E-state index contributed by atoms with van der Waals surface area (Å²) < 4.78 is 10.3. The molecule has 1 heterocycles. The lowest BCUT2D eigenvalue weighted by molar-refractivity contribution is -0.385. The molecular formula is C14H16N2O7. The van der Waals surface area contributed by atoms with Crippen LogP contribution < -0.4 is 4.74 Å². The number of carboxylic acids is 1. The lowest BCUT2D eigenvalue weighted by atomic mass is 10.1. The Labute approximate surface area is 131 Å². The second-order valence-corrected chi connectivity index (χ2v) is 4.99. The maximum Gasteiger partial charge on any atom is 0.310 e. The number of aliphatic carboxylic acids is 1.